The van der Waals surface area contributed by atoms with Crippen molar-refractivity contribution in [3.05, 3.63) is 12.2 Å². The van der Waals surface area contributed by atoms with E-state index in [1.54, 1.807) is 0 Å². The predicted octanol–water partition coefficient (Wildman–Crippen LogP) is 7.00. The Balaban J connectivity index is 1.54. The van der Waals surface area contributed by atoms with E-state index in [9.17, 15) is 10.2 Å². The number of fused-ring (bicyclic) bond motifs is 7. The Kier molecular flexibility index (Phi) is 5.19. The average Bonchev–Trinajstić information content (AvgIpc) is 3.09. The van der Waals surface area contributed by atoms with Crippen LogP contribution in [0.15, 0.2) is 12.2 Å². The SMILES string of the molecule is C=C(C)[C@@H]1CC[C@]2(C)CC[C@]3(C)[C@H](CC[C@@H]4[C@@]5(C)CC[C@H](O)[C@](C)(CO)[C@@H]5CC[C@]43C)[C@@H]12. The predicted molar refractivity (Wildman–Crippen MR) is 132 cm³/mol. The van der Waals surface area contributed by atoms with Gasteiger partial charge in [0.1, 0.15) is 0 Å². The van der Waals surface area contributed by atoms with Crippen molar-refractivity contribution >= 4 is 0 Å². The number of aliphatic hydroxyl groups is 2. The fourth-order valence-electron chi connectivity index (χ4n) is 11.5. The van der Waals surface area contributed by atoms with Crippen molar-refractivity contribution in [2.45, 2.75) is 112 Å². The van der Waals surface area contributed by atoms with Gasteiger partial charge in [-0.2, -0.15) is 0 Å². The first-order valence-corrected chi connectivity index (χ1v) is 13.8. The first kappa shape index (κ1) is 23.4. The van der Waals surface area contributed by atoms with Crippen LogP contribution in [0.5, 0.6) is 0 Å². The van der Waals surface area contributed by atoms with Crippen LogP contribution in [0.3, 0.4) is 0 Å². The zero-order valence-corrected chi connectivity index (χ0v) is 21.8. The van der Waals surface area contributed by atoms with E-state index in [4.69, 9.17) is 0 Å². The van der Waals surface area contributed by atoms with Crippen LogP contribution in [0.4, 0.5) is 0 Å². The fraction of sp³-hybridized carbons (Fsp3) is 0.933. The third-order valence-electron chi connectivity index (χ3n) is 13.6. The second kappa shape index (κ2) is 7.09. The van der Waals surface area contributed by atoms with Gasteiger partial charge < -0.3 is 10.2 Å². The highest BCUT2D eigenvalue weighted by molar-refractivity contribution is 5.21. The summed E-state index contributed by atoms with van der Waals surface area (Å²) in [6.07, 6.45) is 12.3. The molecule has 11 atom stereocenters. The Morgan fingerprint density at radius 2 is 1.53 bits per heavy atom. The van der Waals surface area contributed by atoms with Crippen molar-refractivity contribution in [3.63, 3.8) is 0 Å². The maximum atomic E-state index is 10.9. The van der Waals surface area contributed by atoms with E-state index in [1.807, 2.05) is 0 Å². The third kappa shape index (κ3) is 2.66. The summed E-state index contributed by atoms with van der Waals surface area (Å²) in [6, 6.07) is 0. The van der Waals surface area contributed by atoms with Crippen molar-refractivity contribution in [2.75, 3.05) is 6.61 Å². The normalized spacial score (nSPS) is 59.5. The Morgan fingerprint density at radius 3 is 2.19 bits per heavy atom. The Bertz CT molecular complexity index is 790. The van der Waals surface area contributed by atoms with Gasteiger partial charge in [-0.05, 0) is 122 Å². The molecule has 0 aromatic rings. The standard InChI is InChI=1S/C30H50O2/c1-19(2)20-10-13-26(3)16-17-29(6)21(25(20)26)8-9-23-27(4)14-12-24(32)28(5,18-31)22(27)11-15-30(23,29)7/h20-25,31-32H,1,8-18H2,2-7H3/t20-,21+,22+,23+,24-,25+,26+,27-,28+,29+,30+/m0/s1. The quantitative estimate of drug-likeness (QED) is 0.452. The molecule has 0 spiro atoms. The number of hydrogen-bond acceptors (Lipinski definition) is 2. The van der Waals surface area contributed by atoms with E-state index in [-0.39, 0.29) is 23.5 Å². The molecule has 182 valence electrons. The first-order chi connectivity index (χ1) is 14.9. The maximum absolute atomic E-state index is 10.9. The molecule has 0 aromatic heterocycles. The monoisotopic (exact) mass is 442 g/mol. The average molecular weight is 443 g/mol. The maximum Gasteiger partial charge on any atom is 0.0618 e. The highest BCUT2D eigenvalue weighted by Crippen LogP contribution is 2.77. The van der Waals surface area contributed by atoms with Gasteiger partial charge in [-0.3, -0.25) is 0 Å². The van der Waals surface area contributed by atoms with Gasteiger partial charge in [-0.15, -0.1) is 0 Å². The van der Waals surface area contributed by atoms with Crippen LogP contribution in [0, 0.1) is 56.7 Å². The van der Waals surface area contributed by atoms with E-state index in [2.05, 4.69) is 48.1 Å². The smallest absolute Gasteiger partial charge is 0.0618 e. The van der Waals surface area contributed by atoms with Crippen LogP contribution in [0.2, 0.25) is 0 Å². The summed E-state index contributed by atoms with van der Waals surface area (Å²) in [5, 5.41) is 21.3. The zero-order chi connectivity index (χ0) is 23.3. The molecule has 5 aliphatic carbocycles. The zero-order valence-electron chi connectivity index (χ0n) is 21.8. The van der Waals surface area contributed by atoms with Gasteiger partial charge in [-0.25, -0.2) is 0 Å². The molecule has 5 rings (SSSR count). The van der Waals surface area contributed by atoms with Crippen molar-refractivity contribution < 1.29 is 10.2 Å². The highest BCUT2D eigenvalue weighted by Gasteiger charge is 2.70. The van der Waals surface area contributed by atoms with Crippen molar-refractivity contribution in [3.8, 4) is 0 Å². The molecule has 0 radical (unpaired) electrons. The second-order valence-electron chi connectivity index (χ2n) is 14.6. The number of rotatable bonds is 2. The van der Waals surface area contributed by atoms with E-state index in [1.165, 1.54) is 56.9 Å². The van der Waals surface area contributed by atoms with Crippen molar-refractivity contribution in [1.82, 2.24) is 0 Å². The Morgan fingerprint density at radius 1 is 0.812 bits per heavy atom. The summed E-state index contributed by atoms with van der Waals surface area (Å²) in [6.45, 7) is 19.6. The molecular formula is C30H50O2. The van der Waals surface area contributed by atoms with Gasteiger partial charge in [0.05, 0.1) is 12.7 Å². The van der Waals surface area contributed by atoms with Gasteiger partial charge in [0, 0.05) is 5.41 Å². The summed E-state index contributed by atoms with van der Waals surface area (Å²) in [4.78, 5) is 0. The lowest BCUT2D eigenvalue weighted by Crippen LogP contribution is -2.67. The Labute approximate surface area is 197 Å². The highest BCUT2D eigenvalue weighted by atomic mass is 16.3. The molecule has 0 heterocycles. The third-order valence-corrected chi connectivity index (χ3v) is 13.6. The fourth-order valence-corrected chi connectivity index (χ4v) is 11.5. The minimum Gasteiger partial charge on any atom is -0.396 e. The topological polar surface area (TPSA) is 40.5 Å². The van der Waals surface area contributed by atoms with Crippen molar-refractivity contribution in [1.29, 1.82) is 0 Å². The van der Waals surface area contributed by atoms with E-state index in [0.29, 0.717) is 28.1 Å². The molecule has 32 heavy (non-hydrogen) atoms. The van der Waals surface area contributed by atoms with Crippen LogP contribution in [-0.2, 0) is 0 Å². The molecule has 2 nitrogen and oxygen atoms in total. The van der Waals surface area contributed by atoms with E-state index < -0.39 is 0 Å². The number of hydrogen-bond donors (Lipinski definition) is 2. The van der Waals surface area contributed by atoms with Gasteiger partial charge in [-0.1, -0.05) is 46.8 Å². The van der Waals surface area contributed by atoms with Crippen LogP contribution < -0.4 is 0 Å². The molecule has 0 unspecified atom stereocenters. The van der Waals surface area contributed by atoms with Crippen LogP contribution in [-0.4, -0.2) is 22.9 Å². The van der Waals surface area contributed by atoms with Crippen molar-refractivity contribution in [2.24, 2.45) is 56.7 Å². The summed E-state index contributed by atoms with van der Waals surface area (Å²) in [7, 11) is 0. The lowest BCUT2D eigenvalue weighted by Gasteiger charge is -2.73. The molecular weight excluding hydrogens is 392 g/mol. The molecule has 5 fully saturated rings. The van der Waals surface area contributed by atoms with Gasteiger partial charge in [0.15, 0.2) is 0 Å². The molecule has 2 heteroatoms. The first-order valence-electron chi connectivity index (χ1n) is 13.8. The molecule has 5 aliphatic rings. The largest absolute Gasteiger partial charge is 0.396 e. The lowest BCUT2D eigenvalue weighted by atomic mass is 9.32. The van der Waals surface area contributed by atoms with Gasteiger partial charge >= 0.3 is 0 Å². The molecule has 0 bridgehead atoms. The summed E-state index contributed by atoms with van der Waals surface area (Å²) < 4.78 is 0. The van der Waals surface area contributed by atoms with Crippen LogP contribution in [0.1, 0.15) is 106 Å². The van der Waals surface area contributed by atoms with Gasteiger partial charge in [0.2, 0.25) is 0 Å². The number of allylic oxidation sites excluding steroid dienone is 1. The Hall–Kier alpha value is -0.340. The molecule has 0 amide bonds. The summed E-state index contributed by atoms with van der Waals surface area (Å²) >= 11 is 0. The molecule has 0 saturated heterocycles. The van der Waals surface area contributed by atoms with Gasteiger partial charge in [0.25, 0.3) is 0 Å². The van der Waals surface area contributed by atoms with Crippen LogP contribution >= 0.6 is 0 Å². The minimum absolute atomic E-state index is 0.123. The summed E-state index contributed by atoms with van der Waals surface area (Å²) in [5.41, 5.74) is 2.62. The minimum atomic E-state index is -0.355. The lowest BCUT2D eigenvalue weighted by molar-refractivity contribution is -0.253. The molecule has 0 aromatic carbocycles. The van der Waals surface area contributed by atoms with Crippen LogP contribution in [0.25, 0.3) is 0 Å². The summed E-state index contributed by atoms with van der Waals surface area (Å²) in [5.74, 6) is 3.51. The number of aliphatic hydroxyl groups excluding tert-OH is 2. The second-order valence-corrected chi connectivity index (χ2v) is 14.6. The molecule has 5 saturated carbocycles. The molecule has 2 N–H and O–H groups in total. The van der Waals surface area contributed by atoms with E-state index in [0.717, 1.165) is 30.6 Å². The van der Waals surface area contributed by atoms with E-state index >= 15 is 0 Å². The molecule has 0 aliphatic heterocycles.